The fraction of sp³-hybridized carbons (Fsp3) is 0. The first-order chi connectivity index (χ1) is 7.75. The standard InChI is InChI=1S/C12H8INOS/c13-10-6-4-9(5-7-10)12(15)16-11-3-1-2-8-14-11/h1-8H. The van der Waals surface area contributed by atoms with E-state index in [-0.39, 0.29) is 5.12 Å². The van der Waals surface area contributed by atoms with E-state index in [0.29, 0.717) is 5.56 Å². The number of carbonyl (C=O) groups is 1. The number of aromatic nitrogens is 1. The zero-order valence-electron chi connectivity index (χ0n) is 8.26. The first kappa shape index (κ1) is 11.6. The predicted molar refractivity (Wildman–Crippen MR) is 73.6 cm³/mol. The molecule has 0 bridgehead atoms. The van der Waals surface area contributed by atoms with Crippen LogP contribution in [0.5, 0.6) is 0 Å². The van der Waals surface area contributed by atoms with E-state index in [2.05, 4.69) is 27.6 Å². The minimum atomic E-state index is 0.0232. The van der Waals surface area contributed by atoms with E-state index < -0.39 is 0 Å². The average Bonchev–Trinajstić information content (AvgIpc) is 2.31. The molecule has 4 heteroatoms. The van der Waals surface area contributed by atoms with Crippen LogP contribution in [-0.4, -0.2) is 10.1 Å². The summed E-state index contributed by atoms with van der Waals surface area (Å²) in [5.74, 6) is 0. The van der Waals surface area contributed by atoms with Crippen LogP contribution in [0, 0.1) is 3.57 Å². The maximum absolute atomic E-state index is 11.8. The fourth-order valence-corrected chi connectivity index (χ4v) is 2.21. The van der Waals surface area contributed by atoms with Gasteiger partial charge in [0.1, 0.15) is 5.03 Å². The molecule has 1 aromatic heterocycles. The molecule has 0 spiro atoms. The number of benzene rings is 1. The summed E-state index contributed by atoms with van der Waals surface area (Å²) in [6.07, 6.45) is 1.68. The Balaban J connectivity index is 2.12. The molecule has 1 heterocycles. The van der Waals surface area contributed by atoms with Crippen molar-refractivity contribution in [2.45, 2.75) is 5.03 Å². The SMILES string of the molecule is O=C(Sc1ccccn1)c1ccc(I)cc1. The molecule has 0 unspecified atom stereocenters. The Morgan fingerprint density at radius 2 is 1.88 bits per heavy atom. The second-order valence-electron chi connectivity index (χ2n) is 3.06. The number of thioether (sulfide) groups is 1. The lowest BCUT2D eigenvalue weighted by atomic mass is 10.2. The highest BCUT2D eigenvalue weighted by Crippen LogP contribution is 2.20. The number of halogens is 1. The van der Waals surface area contributed by atoms with Crippen molar-refractivity contribution in [2.24, 2.45) is 0 Å². The largest absolute Gasteiger partial charge is 0.281 e. The zero-order valence-corrected chi connectivity index (χ0v) is 11.2. The summed E-state index contributed by atoms with van der Waals surface area (Å²) in [6, 6.07) is 13.0. The Morgan fingerprint density at radius 1 is 1.12 bits per heavy atom. The third-order valence-electron chi connectivity index (χ3n) is 1.91. The Kier molecular flexibility index (Phi) is 3.95. The maximum atomic E-state index is 11.8. The molecule has 0 atom stereocenters. The summed E-state index contributed by atoms with van der Waals surface area (Å²) < 4.78 is 1.12. The highest BCUT2D eigenvalue weighted by molar-refractivity contribution is 14.1. The van der Waals surface area contributed by atoms with Crippen LogP contribution < -0.4 is 0 Å². The van der Waals surface area contributed by atoms with Gasteiger partial charge in [0.25, 0.3) is 0 Å². The van der Waals surface area contributed by atoms with Crippen molar-refractivity contribution in [3.8, 4) is 0 Å². The van der Waals surface area contributed by atoms with Crippen LogP contribution >= 0.6 is 34.4 Å². The van der Waals surface area contributed by atoms with Gasteiger partial charge in [-0.05, 0) is 70.8 Å². The monoisotopic (exact) mass is 341 g/mol. The van der Waals surface area contributed by atoms with Gasteiger partial charge in [0.2, 0.25) is 5.12 Å². The van der Waals surface area contributed by atoms with Gasteiger partial charge < -0.3 is 0 Å². The lowest BCUT2D eigenvalue weighted by Gasteiger charge is -1.99. The normalized spacial score (nSPS) is 10.1. The molecule has 0 aliphatic rings. The van der Waals surface area contributed by atoms with E-state index in [1.807, 2.05) is 42.5 Å². The third kappa shape index (κ3) is 3.05. The van der Waals surface area contributed by atoms with E-state index in [9.17, 15) is 4.79 Å². The average molecular weight is 341 g/mol. The number of hydrogen-bond acceptors (Lipinski definition) is 3. The quantitative estimate of drug-likeness (QED) is 0.617. The molecule has 0 fully saturated rings. The van der Waals surface area contributed by atoms with Crippen LogP contribution in [0.25, 0.3) is 0 Å². The van der Waals surface area contributed by atoms with Crippen LogP contribution in [0.15, 0.2) is 53.7 Å². The first-order valence-electron chi connectivity index (χ1n) is 4.64. The molecule has 0 aliphatic heterocycles. The van der Waals surface area contributed by atoms with Gasteiger partial charge in [-0.25, -0.2) is 4.98 Å². The molecule has 0 amide bonds. The van der Waals surface area contributed by atoms with Gasteiger partial charge in [-0.2, -0.15) is 0 Å². The second kappa shape index (κ2) is 5.45. The number of pyridine rings is 1. The Labute approximate surface area is 112 Å². The maximum Gasteiger partial charge on any atom is 0.225 e. The lowest BCUT2D eigenvalue weighted by Crippen LogP contribution is -1.93. The Bertz CT molecular complexity index is 484. The molecule has 2 rings (SSSR count). The molecule has 1 aromatic carbocycles. The van der Waals surface area contributed by atoms with Gasteiger partial charge in [-0.1, -0.05) is 6.07 Å². The Hall–Kier alpha value is -0.880. The second-order valence-corrected chi connectivity index (χ2v) is 5.30. The molecule has 0 radical (unpaired) electrons. The van der Waals surface area contributed by atoms with Gasteiger partial charge in [0, 0.05) is 15.3 Å². The molecule has 0 aliphatic carbocycles. The van der Waals surface area contributed by atoms with Gasteiger partial charge in [0.05, 0.1) is 0 Å². The molecule has 80 valence electrons. The van der Waals surface area contributed by atoms with Crippen LogP contribution in [-0.2, 0) is 0 Å². The topological polar surface area (TPSA) is 30.0 Å². The summed E-state index contributed by atoms with van der Waals surface area (Å²) in [4.78, 5) is 15.9. The molecular formula is C12H8INOS. The molecule has 16 heavy (non-hydrogen) atoms. The highest BCUT2D eigenvalue weighted by Gasteiger charge is 2.07. The van der Waals surface area contributed by atoms with Crippen molar-refractivity contribution in [3.05, 3.63) is 57.8 Å². The molecule has 0 saturated carbocycles. The van der Waals surface area contributed by atoms with Crippen LogP contribution in [0.2, 0.25) is 0 Å². The van der Waals surface area contributed by atoms with Crippen LogP contribution in [0.3, 0.4) is 0 Å². The predicted octanol–water partition coefficient (Wildman–Crippen LogP) is 3.62. The van der Waals surface area contributed by atoms with Crippen molar-refractivity contribution < 1.29 is 4.79 Å². The van der Waals surface area contributed by atoms with Crippen LogP contribution in [0.1, 0.15) is 10.4 Å². The Morgan fingerprint density at radius 3 is 2.50 bits per heavy atom. The molecule has 2 aromatic rings. The van der Waals surface area contributed by atoms with Crippen molar-refractivity contribution in [1.29, 1.82) is 0 Å². The fourth-order valence-electron chi connectivity index (χ4n) is 1.15. The molecule has 2 nitrogen and oxygen atoms in total. The number of rotatable bonds is 2. The van der Waals surface area contributed by atoms with Gasteiger partial charge in [0.15, 0.2) is 0 Å². The number of hydrogen-bond donors (Lipinski definition) is 0. The lowest BCUT2D eigenvalue weighted by molar-refractivity contribution is 0.108. The summed E-state index contributed by atoms with van der Waals surface area (Å²) in [7, 11) is 0. The zero-order chi connectivity index (χ0) is 11.4. The smallest absolute Gasteiger partial charge is 0.225 e. The van der Waals surface area contributed by atoms with Crippen molar-refractivity contribution in [3.63, 3.8) is 0 Å². The summed E-state index contributed by atoms with van der Waals surface area (Å²) in [5, 5.41) is 0.751. The number of carbonyl (C=O) groups excluding carboxylic acids is 1. The molecular weight excluding hydrogens is 333 g/mol. The van der Waals surface area contributed by atoms with Crippen molar-refractivity contribution >= 4 is 39.5 Å². The minimum absolute atomic E-state index is 0.0232. The summed E-state index contributed by atoms with van der Waals surface area (Å²) in [6.45, 7) is 0. The van der Waals surface area contributed by atoms with Crippen LogP contribution in [0.4, 0.5) is 0 Å². The van der Waals surface area contributed by atoms with Crippen molar-refractivity contribution in [1.82, 2.24) is 4.98 Å². The van der Waals surface area contributed by atoms with E-state index in [1.54, 1.807) is 6.20 Å². The third-order valence-corrected chi connectivity index (χ3v) is 3.51. The minimum Gasteiger partial charge on any atom is -0.281 e. The van der Waals surface area contributed by atoms with E-state index in [1.165, 1.54) is 0 Å². The van der Waals surface area contributed by atoms with Gasteiger partial charge >= 0.3 is 0 Å². The van der Waals surface area contributed by atoms with Crippen molar-refractivity contribution in [2.75, 3.05) is 0 Å². The van der Waals surface area contributed by atoms with Gasteiger partial charge in [-0.3, -0.25) is 4.79 Å². The first-order valence-corrected chi connectivity index (χ1v) is 6.54. The van der Waals surface area contributed by atoms with Gasteiger partial charge in [-0.15, -0.1) is 0 Å². The molecule has 0 N–H and O–H groups in total. The van der Waals surface area contributed by atoms with E-state index >= 15 is 0 Å². The summed E-state index contributed by atoms with van der Waals surface area (Å²) in [5.41, 5.74) is 0.705. The highest BCUT2D eigenvalue weighted by atomic mass is 127. The van der Waals surface area contributed by atoms with E-state index in [0.717, 1.165) is 20.4 Å². The molecule has 0 saturated heterocycles. The van der Waals surface area contributed by atoms with E-state index in [4.69, 9.17) is 0 Å². The number of nitrogens with zero attached hydrogens (tertiary/aromatic N) is 1. The summed E-state index contributed by atoms with van der Waals surface area (Å²) >= 11 is 3.36.